The summed E-state index contributed by atoms with van der Waals surface area (Å²) >= 11 is 9.24. The first-order valence-electron chi connectivity index (χ1n) is 6.04. The normalized spacial score (nSPS) is 10.7. The summed E-state index contributed by atoms with van der Waals surface area (Å²) in [5.74, 6) is -0.210. The fourth-order valence-electron chi connectivity index (χ4n) is 1.79. The van der Waals surface area contributed by atoms with Crippen LogP contribution in [0.25, 0.3) is 0 Å². The fraction of sp³-hybridized carbons (Fsp3) is 0.200. The molecule has 0 spiro atoms. The lowest BCUT2D eigenvalue weighted by atomic mass is 10.1. The lowest BCUT2D eigenvalue weighted by Crippen LogP contribution is -2.17. The summed E-state index contributed by atoms with van der Waals surface area (Å²) in [6, 6.07) is 12.5. The van der Waals surface area contributed by atoms with Gasteiger partial charge in [-0.1, -0.05) is 39.7 Å². The summed E-state index contributed by atoms with van der Waals surface area (Å²) in [5.41, 5.74) is 2.16. The molecule has 0 saturated heterocycles. The molecule has 2 rings (SSSR count). The van der Waals surface area contributed by atoms with E-state index >= 15 is 0 Å². The molecule has 2 aromatic rings. The molecule has 0 aliphatic rings. The van der Waals surface area contributed by atoms with Crippen molar-refractivity contribution in [2.75, 3.05) is 6.54 Å². The van der Waals surface area contributed by atoms with Crippen molar-refractivity contribution in [2.24, 2.45) is 0 Å². The van der Waals surface area contributed by atoms with E-state index in [1.165, 1.54) is 11.6 Å². The lowest BCUT2D eigenvalue weighted by molar-refractivity contribution is 0.619. The highest BCUT2D eigenvalue weighted by Gasteiger charge is 2.01. The van der Waals surface area contributed by atoms with Crippen LogP contribution in [0.5, 0.6) is 0 Å². The van der Waals surface area contributed by atoms with E-state index in [0.717, 1.165) is 28.0 Å². The van der Waals surface area contributed by atoms with Gasteiger partial charge >= 0.3 is 0 Å². The second kappa shape index (κ2) is 7.04. The Morgan fingerprint density at radius 2 is 1.84 bits per heavy atom. The van der Waals surface area contributed by atoms with E-state index in [0.29, 0.717) is 6.54 Å². The monoisotopic (exact) mass is 341 g/mol. The summed E-state index contributed by atoms with van der Waals surface area (Å²) in [5, 5.41) is 4.05. The molecule has 0 heterocycles. The van der Waals surface area contributed by atoms with Gasteiger partial charge in [-0.15, -0.1) is 0 Å². The highest BCUT2D eigenvalue weighted by Crippen LogP contribution is 2.17. The molecule has 0 unspecified atom stereocenters. The summed E-state index contributed by atoms with van der Waals surface area (Å²) in [4.78, 5) is 0. The molecule has 4 heteroatoms. The minimum Gasteiger partial charge on any atom is -0.312 e. The zero-order chi connectivity index (χ0) is 13.7. The third-order valence-corrected chi connectivity index (χ3v) is 3.85. The molecular weight excluding hydrogens is 329 g/mol. The highest BCUT2D eigenvalue weighted by atomic mass is 79.9. The Balaban J connectivity index is 1.80. The van der Waals surface area contributed by atoms with E-state index in [1.807, 2.05) is 24.3 Å². The zero-order valence-corrected chi connectivity index (χ0v) is 12.6. The molecule has 2 aromatic carbocycles. The van der Waals surface area contributed by atoms with Crippen molar-refractivity contribution < 1.29 is 4.39 Å². The van der Waals surface area contributed by atoms with Gasteiger partial charge in [-0.3, -0.25) is 0 Å². The van der Waals surface area contributed by atoms with Gasteiger partial charge in [-0.2, -0.15) is 0 Å². The fourth-order valence-corrected chi connectivity index (χ4v) is 2.30. The maximum Gasteiger partial charge on any atom is 0.123 e. The molecule has 1 N–H and O–H groups in total. The van der Waals surface area contributed by atoms with Gasteiger partial charge < -0.3 is 5.32 Å². The predicted molar refractivity (Wildman–Crippen MR) is 81.0 cm³/mol. The molecule has 0 amide bonds. The van der Waals surface area contributed by atoms with E-state index in [9.17, 15) is 4.39 Å². The van der Waals surface area contributed by atoms with Crippen molar-refractivity contribution in [3.05, 3.63) is 68.9 Å². The van der Waals surface area contributed by atoms with Gasteiger partial charge in [-0.25, -0.2) is 4.39 Å². The number of rotatable bonds is 5. The van der Waals surface area contributed by atoms with Crippen molar-refractivity contribution in [2.45, 2.75) is 13.0 Å². The average Bonchev–Trinajstić information content (AvgIpc) is 2.40. The van der Waals surface area contributed by atoms with Crippen LogP contribution in [0.3, 0.4) is 0 Å². The molecule has 0 bridgehead atoms. The maximum absolute atomic E-state index is 13.1. The van der Waals surface area contributed by atoms with E-state index in [1.54, 1.807) is 12.1 Å². The Morgan fingerprint density at radius 3 is 2.58 bits per heavy atom. The number of hydrogen-bond acceptors (Lipinski definition) is 1. The number of hydrogen-bond donors (Lipinski definition) is 1. The van der Waals surface area contributed by atoms with Gasteiger partial charge in [0.25, 0.3) is 0 Å². The molecule has 0 aliphatic heterocycles. The third kappa shape index (κ3) is 4.60. The quantitative estimate of drug-likeness (QED) is 0.785. The molecular formula is C15H14BrClFN. The molecule has 0 radical (unpaired) electrons. The van der Waals surface area contributed by atoms with Gasteiger partial charge in [0.2, 0.25) is 0 Å². The summed E-state index contributed by atoms with van der Waals surface area (Å²) in [7, 11) is 0. The lowest BCUT2D eigenvalue weighted by Gasteiger charge is -2.07. The smallest absolute Gasteiger partial charge is 0.123 e. The van der Waals surface area contributed by atoms with Crippen LogP contribution in [0.2, 0.25) is 5.02 Å². The van der Waals surface area contributed by atoms with Gasteiger partial charge in [0, 0.05) is 16.0 Å². The van der Waals surface area contributed by atoms with Crippen LogP contribution in [-0.2, 0) is 13.0 Å². The van der Waals surface area contributed by atoms with E-state index in [2.05, 4.69) is 21.2 Å². The second-order valence-electron chi connectivity index (χ2n) is 4.29. The standard InChI is InChI=1S/C15H14BrClFN/c16-15-6-5-14(18)9-12(15)10-19-8-7-11-1-3-13(17)4-2-11/h1-6,9,19H,7-8,10H2. The Kier molecular flexibility index (Phi) is 5.37. The summed E-state index contributed by atoms with van der Waals surface area (Å²) < 4.78 is 14.0. The van der Waals surface area contributed by atoms with Crippen molar-refractivity contribution in [1.29, 1.82) is 0 Å². The van der Waals surface area contributed by atoms with E-state index in [4.69, 9.17) is 11.6 Å². The molecule has 0 fully saturated rings. The van der Waals surface area contributed by atoms with Crippen LogP contribution in [0.4, 0.5) is 4.39 Å². The van der Waals surface area contributed by atoms with Gasteiger partial charge in [0.1, 0.15) is 5.82 Å². The number of nitrogens with one attached hydrogen (secondary N) is 1. The first-order valence-corrected chi connectivity index (χ1v) is 7.21. The predicted octanol–water partition coefficient (Wildman–Crippen LogP) is 4.57. The molecule has 0 aromatic heterocycles. The minimum absolute atomic E-state index is 0.210. The minimum atomic E-state index is -0.210. The SMILES string of the molecule is Fc1ccc(Br)c(CNCCc2ccc(Cl)cc2)c1. The topological polar surface area (TPSA) is 12.0 Å². The van der Waals surface area contributed by atoms with E-state index < -0.39 is 0 Å². The Morgan fingerprint density at radius 1 is 1.11 bits per heavy atom. The molecule has 0 saturated carbocycles. The molecule has 1 nitrogen and oxygen atoms in total. The van der Waals surface area contributed by atoms with Gasteiger partial charge in [0.15, 0.2) is 0 Å². The van der Waals surface area contributed by atoms with Gasteiger partial charge in [-0.05, 0) is 54.4 Å². The largest absolute Gasteiger partial charge is 0.312 e. The maximum atomic E-state index is 13.1. The Hall–Kier alpha value is -0.900. The van der Waals surface area contributed by atoms with Crippen LogP contribution < -0.4 is 5.32 Å². The van der Waals surface area contributed by atoms with Crippen molar-refractivity contribution in [3.63, 3.8) is 0 Å². The number of halogens is 3. The Labute approximate surface area is 125 Å². The van der Waals surface area contributed by atoms with Crippen LogP contribution >= 0.6 is 27.5 Å². The summed E-state index contributed by atoms with van der Waals surface area (Å²) in [6.45, 7) is 1.48. The van der Waals surface area contributed by atoms with Crippen LogP contribution in [0, 0.1) is 5.82 Å². The first-order chi connectivity index (χ1) is 9.15. The first kappa shape index (κ1) is 14.5. The van der Waals surface area contributed by atoms with Crippen molar-refractivity contribution in [1.82, 2.24) is 5.32 Å². The van der Waals surface area contributed by atoms with Crippen LogP contribution in [0.15, 0.2) is 46.9 Å². The molecule has 0 aliphatic carbocycles. The average molecular weight is 343 g/mol. The second-order valence-corrected chi connectivity index (χ2v) is 5.58. The third-order valence-electron chi connectivity index (χ3n) is 2.83. The molecule has 100 valence electrons. The summed E-state index contributed by atoms with van der Waals surface area (Å²) in [6.07, 6.45) is 0.921. The Bertz CT molecular complexity index is 542. The van der Waals surface area contributed by atoms with Crippen molar-refractivity contribution in [3.8, 4) is 0 Å². The molecule has 19 heavy (non-hydrogen) atoms. The van der Waals surface area contributed by atoms with Crippen LogP contribution in [-0.4, -0.2) is 6.54 Å². The van der Waals surface area contributed by atoms with Crippen molar-refractivity contribution >= 4 is 27.5 Å². The number of benzene rings is 2. The zero-order valence-electron chi connectivity index (χ0n) is 10.3. The van der Waals surface area contributed by atoms with E-state index in [-0.39, 0.29) is 5.82 Å². The highest BCUT2D eigenvalue weighted by molar-refractivity contribution is 9.10. The van der Waals surface area contributed by atoms with Crippen LogP contribution in [0.1, 0.15) is 11.1 Å². The molecule has 0 atom stereocenters. The van der Waals surface area contributed by atoms with Gasteiger partial charge in [0.05, 0.1) is 0 Å².